The highest BCUT2D eigenvalue weighted by Gasteiger charge is 2.38. The quantitative estimate of drug-likeness (QED) is 0.821. The molecule has 1 aliphatic rings. The lowest BCUT2D eigenvalue weighted by Crippen LogP contribution is -2.52. The maximum atomic E-state index is 12.3. The van der Waals surface area contributed by atoms with Gasteiger partial charge in [-0.2, -0.15) is 0 Å². The summed E-state index contributed by atoms with van der Waals surface area (Å²) in [6.07, 6.45) is 4.58. The van der Waals surface area contributed by atoms with Gasteiger partial charge < -0.3 is 0 Å². The highest BCUT2D eigenvalue weighted by atomic mass is 35.5. The van der Waals surface area contributed by atoms with Gasteiger partial charge >= 0.3 is 0 Å². The Hall–Kier alpha value is -0.580. The smallest absolute Gasteiger partial charge is 0.207 e. The molecule has 0 aromatic heterocycles. The molecule has 5 heteroatoms. The lowest BCUT2D eigenvalue weighted by atomic mass is 9.76. The zero-order valence-corrected chi connectivity index (χ0v) is 12.7. The van der Waals surface area contributed by atoms with Gasteiger partial charge in [0.2, 0.25) is 10.0 Å². The van der Waals surface area contributed by atoms with Crippen molar-refractivity contribution in [3.63, 3.8) is 0 Å². The molecule has 0 spiro atoms. The second kappa shape index (κ2) is 5.81. The zero-order chi connectivity index (χ0) is 13.9. The van der Waals surface area contributed by atoms with E-state index in [1.54, 1.807) is 12.1 Å². The average Bonchev–Trinajstić information content (AvgIpc) is 2.35. The first-order valence-electron chi connectivity index (χ1n) is 6.70. The molecule has 1 aliphatic carbocycles. The molecule has 19 heavy (non-hydrogen) atoms. The van der Waals surface area contributed by atoms with Gasteiger partial charge in [0.1, 0.15) is 0 Å². The van der Waals surface area contributed by atoms with Gasteiger partial charge in [-0.3, -0.25) is 0 Å². The summed E-state index contributed by atoms with van der Waals surface area (Å²) in [5.74, 6) is 0.545. The predicted octanol–water partition coefficient (Wildman–Crippen LogP) is 3.08. The average molecular weight is 302 g/mol. The summed E-state index contributed by atoms with van der Waals surface area (Å²) in [6, 6.07) is 6.98. The second-order valence-electron chi connectivity index (χ2n) is 5.18. The van der Waals surface area contributed by atoms with Gasteiger partial charge in [0.05, 0.1) is 4.90 Å². The lowest BCUT2D eigenvalue weighted by molar-refractivity contribution is 0.214. The van der Waals surface area contributed by atoms with Gasteiger partial charge in [0, 0.05) is 11.4 Å². The Bertz CT molecular complexity index is 515. The molecule has 2 rings (SSSR count). The molecule has 1 saturated carbocycles. The Morgan fingerprint density at radius 1 is 1.26 bits per heavy atom. The standard InChI is InChI=1S/C14H20ClNO2S/c1-2-14(9-3-10-14)16-19(17,18)13-6-4-12(5-7-13)8-11-15/h4-7,16H,2-3,8-11H2,1H3. The molecule has 0 heterocycles. The molecule has 1 aromatic carbocycles. The van der Waals surface area contributed by atoms with Crippen LogP contribution in [0.3, 0.4) is 0 Å². The maximum absolute atomic E-state index is 12.3. The van der Waals surface area contributed by atoms with Crippen molar-refractivity contribution in [3.05, 3.63) is 29.8 Å². The van der Waals surface area contributed by atoms with Crippen molar-refractivity contribution in [3.8, 4) is 0 Å². The van der Waals surface area contributed by atoms with Crippen molar-refractivity contribution in [2.24, 2.45) is 0 Å². The fourth-order valence-corrected chi connectivity index (χ4v) is 4.17. The van der Waals surface area contributed by atoms with Crippen LogP contribution in [0, 0.1) is 0 Å². The monoisotopic (exact) mass is 301 g/mol. The topological polar surface area (TPSA) is 46.2 Å². The Balaban J connectivity index is 2.15. The highest BCUT2D eigenvalue weighted by molar-refractivity contribution is 7.89. The third-order valence-electron chi connectivity index (χ3n) is 3.96. The Labute approximate surface area is 120 Å². The van der Waals surface area contributed by atoms with Crippen LogP contribution in [-0.2, 0) is 16.4 Å². The second-order valence-corrected chi connectivity index (χ2v) is 7.24. The molecule has 0 amide bonds. The number of aryl methyl sites for hydroxylation is 1. The minimum Gasteiger partial charge on any atom is -0.207 e. The van der Waals surface area contributed by atoms with E-state index >= 15 is 0 Å². The molecule has 0 radical (unpaired) electrons. The number of hydrogen-bond acceptors (Lipinski definition) is 2. The summed E-state index contributed by atoms with van der Waals surface area (Å²) in [5.41, 5.74) is 0.844. The largest absolute Gasteiger partial charge is 0.241 e. The van der Waals surface area contributed by atoms with Crippen LogP contribution in [0.25, 0.3) is 0 Å². The summed E-state index contributed by atoms with van der Waals surface area (Å²) in [6.45, 7) is 2.03. The first-order chi connectivity index (χ1) is 9.01. The first-order valence-corrected chi connectivity index (χ1v) is 8.72. The van der Waals surface area contributed by atoms with Crippen LogP contribution in [0.1, 0.15) is 38.2 Å². The van der Waals surface area contributed by atoms with Crippen molar-refractivity contribution < 1.29 is 8.42 Å². The predicted molar refractivity (Wildman–Crippen MR) is 78.1 cm³/mol. The zero-order valence-electron chi connectivity index (χ0n) is 11.2. The fourth-order valence-electron chi connectivity index (χ4n) is 2.42. The van der Waals surface area contributed by atoms with Crippen molar-refractivity contribution in [2.75, 3.05) is 5.88 Å². The number of sulfonamides is 1. The van der Waals surface area contributed by atoms with Crippen molar-refractivity contribution in [2.45, 2.75) is 49.5 Å². The fraction of sp³-hybridized carbons (Fsp3) is 0.571. The molecule has 0 unspecified atom stereocenters. The van der Waals surface area contributed by atoms with Crippen LogP contribution < -0.4 is 4.72 Å². The molecule has 3 nitrogen and oxygen atoms in total. The molecule has 106 valence electrons. The number of rotatable bonds is 6. The van der Waals surface area contributed by atoms with E-state index in [2.05, 4.69) is 4.72 Å². The Morgan fingerprint density at radius 2 is 1.89 bits per heavy atom. The van der Waals surface area contributed by atoms with Crippen LogP contribution in [-0.4, -0.2) is 19.8 Å². The van der Waals surface area contributed by atoms with Gasteiger partial charge in [0.25, 0.3) is 0 Å². The number of nitrogens with one attached hydrogen (secondary N) is 1. The molecule has 1 fully saturated rings. The van der Waals surface area contributed by atoms with E-state index in [1.165, 1.54) is 0 Å². The van der Waals surface area contributed by atoms with Crippen LogP contribution >= 0.6 is 11.6 Å². The van der Waals surface area contributed by atoms with E-state index in [1.807, 2.05) is 19.1 Å². The Morgan fingerprint density at radius 3 is 2.32 bits per heavy atom. The maximum Gasteiger partial charge on any atom is 0.241 e. The van der Waals surface area contributed by atoms with Crippen molar-refractivity contribution in [1.82, 2.24) is 4.72 Å². The lowest BCUT2D eigenvalue weighted by Gasteiger charge is -2.41. The summed E-state index contributed by atoms with van der Waals surface area (Å²) < 4.78 is 27.5. The SMILES string of the molecule is CCC1(NS(=O)(=O)c2ccc(CCCl)cc2)CCC1. The van der Waals surface area contributed by atoms with Crippen LogP contribution in [0.5, 0.6) is 0 Å². The summed E-state index contributed by atoms with van der Waals surface area (Å²) in [4.78, 5) is 0.338. The number of halogens is 1. The minimum atomic E-state index is -3.41. The van der Waals surface area contributed by atoms with Gasteiger partial charge in [0.15, 0.2) is 0 Å². The molecule has 0 atom stereocenters. The van der Waals surface area contributed by atoms with Crippen LogP contribution in [0.2, 0.25) is 0 Å². The van der Waals surface area contributed by atoms with E-state index < -0.39 is 10.0 Å². The molecule has 1 aromatic rings. The molecule has 0 bridgehead atoms. The molecule has 0 aliphatic heterocycles. The minimum absolute atomic E-state index is 0.215. The van der Waals surface area contributed by atoms with Gasteiger partial charge in [-0.15, -0.1) is 11.6 Å². The third kappa shape index (κ3) is 3.30. The number of benzene rings is 1. The van der Waals surface area contributed by atoms with E-state index in [-0.39, 0.29) is 5.54 Å². The van der Waals surface area contributed by atoms with E-state index in [0.29, 0.717) is 10.8 Å². The van der Waals surface area contributed by atoms with Crippen molar-refractivity contribution >= 4 is 21.6 Å². The van der Waals surface area contributed by atoms with Gasteiger partial charge in [-0.05, 0) is 49.8 Å². The first kappa shape index (κ1) is 14.8. The number of hydrogen-bond donors (Lipinski definition) is 1. The third-order valence-corrected chi connectivity index (χ3v) is 5.74. The number of alkyl halides is 1. The highest BCUT2D eigenvalue weighted by Crippen LogP contribution is 2.36. The van der Waals surface area contributed by atoms with Crippen LogP contribution in [0.15, 0.2) is 29.2 Å². The van der Waals surface area contributed by atoms with Crippen LogP contribution in [0.4, 0.5) is 0 Å². The summed E-state index contributed by atoms with van der Waals surface area (Å²) in [7, 11) is -3.41. The van der Waals surface area contributed by atoms with E-state index in [4.69, 9.17) is 11.6 Å². The van der Waals surface area contributed by atoms with E-state index in [0.717, 1.165) is 37.7 Å². The molecule has 0 saturated heterocycles. The summed E-state index contributed by atoms with van der Waals surface area (Å²) in [5, 5.41) is 0. The van der Waals surface area contributed by atoms with Gasteiger partial charge in [-0.25, -0.2) is 13.1 Å². The molecular weight excluding hydrogens is 282 g/mol. The van der Waals surface area contributed by atoms with E-state index in [9.17, 15) is 8.42 Å². The summed E-state index contributed by atoms with van der Waals surface area (Å²) >= 11 is 5.67. The molecular formula is C14H20ClNO2S. The Kier molecular flexibility index (Phi) is 4.54. The van der Waals surface area contributed by atoms with Gasteiger partial charge in [-0.1, -0.05) is 19.1 Å². The van der Waals surface area contributed by atoms with Crippen molar-refractivity contribution in [1.29, 1.82) is 0 Å². The normalized spacial score (nSPS) is 18.0. The molecule has 1 N–H and O–H groups in total.